The highest BCUT2D eigenvalue weighted by atomic mass is 32.2. The van der Waals surface area contributed by atoms with Crippen molar-refractivity contribution in [3.63, 3.8) is 0 Å². The largest absolute Gasteiger partial charge is 0.347 e. The monoisotopic (exact) mass is 429 g/mol. The Bertz CT molecular complexity index is 954. The molecule has 2 aromatic rings. The third-order valence-electron chi connectivity index (χ3n) is 5.10. The van der Waals surface area contributed by atoms with Crippen LogP contribution in [0.25, 0.3) is 0 Å². The molecule has 0 aliphatic heterocycles. The molecule has 2 aromatic carbocycles. The topological polar surface area (TPSA) is 104 Å². The molecule has 3 rings (SSSR count). The van der Waals surface area contributed by atoms with Gasteiger partial charge in [0.25, 0.3) is 0 Å². The van der Waals surface area contributed by atoms with E-state index in [9.17, 15) is 18.0 Å². The van der Waals surface area contributed by atoms with Gasteiger partial charge in [-0.3, -0.25) is 9.59 Å². The lowest BCUT2D eigenvalue weighted by molar-refractivity contribution is -0.136. The molecule has 0 heterocycles. The van der Waals surface area contributed by atoms with Gasteiger partial charge in [-0.05, 0) is 49.1 Å². The van der Waals surface area contributed by atoms with Gasteiger partial charge in [0, 0.05) is 18.3 Å². The second-order valence-electron chi connectivity index (χ2n) is 7.43. The molecule has 0 saturated heterocycles. The molecule has 3 N–H and O–H groups in total. The summed E-state index contributed by atoms with van der Waals surface area (Å²) in [6.45, 7) is 0.271. The molecule has 8 heteroatoms. The molecule has 2 amide bonds. The summed E-state index contributed by atoms with van der Waals surface area (Å²) in [7, 11) is -3.52. The third-order valence-corrected chi connectivity index (χ3v) is 6.63. The number of rotatable bonds is 7. The van der Waals surface area contributed by atoms with Crippen LogP contribution >= 0.6 is 0 Å². The SMILES string of the molecule is O=C(NCCc1ccc(S(=O)(=O)NC2CCCCC2)cc1)C(=O)Nc1ccccc1. The molecule has 160 valence electrons. The predicted octanol–water partition coefficient (Wildman–Crippen LogP) is 2.59. The van der Waals surface area contributed by atoms with E-state index in [0.717, 1.165) is 37.7 Å². The number of hydrogen-bond donors (Lipinski definition) is 3. The van der Waals surface area contributed by atoms with Crippen LogP contribution in [0.3, 0.4) is 0 Å². The molecular formula is C22H27N3O4S. The van der Waals surface area contributed by atoms with E-state index in [-0.39, 0.29) is 17.5 Å². The Morgan fingerprint density at radius 3 is 2.20 bits per heavy atom. The van der Waals surface area contributed by atoms with Gasteiger partial charge in [0.15, 0.2) is 0 Å². The van der Waals surface area contributed by atoms with Crippen molar-refractivity contribution in [3.8, 4) is 0 Å². The quantitative estimate of drug-likeness (QED) is 0.589. The molecule has 30 heavy (non-hydrogen) atoms. The van der Waals surface area contributed by atoms with Crippen LogP contribution in [0.2, 0.25) is 0 Å². The Balaban J connectivity index is 1.46. The van der Waals surface area contributed by atoms with E-state index < -0.39 is 21.8 Å². The van der Waals surface area contributed by atoms with Crippen molar-refractivity contribution in [1.29, 1.82) is 0 Å². The molecule has 1 fully saturated rings. The summed E-state index contributed by atoms with van der Waals surface area (Å²) >= 11 is 0. The van der Waals surface area contributed by atoms with Crippen molar-refractivity contribution in [2.75, 3.05) is 11.9 Å². The normalized spacial score (nSPS) is 14.8. The Hall–Kier alpha value is -2.71. The molecule has 0 unspecified atom stereocenters. The zero-order valence-corrected chi connectivity index (χ0v) is 17.6. The van der Waals surface area contributed by atoms with Gasteiger partial charge in [-0.25, -0.2) is 13.1 Å². The summed E-state index contributed by atoms with van der Waals surface area (Å²) in [4.78, 5) is 24.0. The maximum atomic E-state index is 12.5. The average molecular weight is 430 g/mol. The summed E-state index contributed by atoms with van der Waals surface area (Å²) < 4.78 is 27.8. The van der Waals surface area contributed by atoms with E-state index in [4.69, 9.17) is 0 Å². The number of hydrogen-bond acceptors (Lipinski definition) is 4. The number of carbonyl (C=O) groups is 2. The van der Waals surface area contributed by atoms with Crippen LogP contribution in [0, 0.1) is 0 Å². The molecule has 1 aliphatic carbocycles. The van der Waals surface area contributed by atoms with Crippen LogP contribution in [0.15, 0.2) is 59.5 Å². The summed E-state index contributed by atoms with van der Waals surface area (Å²) in [5, 5.41) is 5.09. The van der Waals surface area contributed by atoms with E-state index in [0.29, 0.717) is 12.1 Å². The van der Waals surface area contributed by atoms with Crippen molar-refractivity contribution in [1.82, 2.24) is 10.0 Å². The highest BCUT2D eigenvalue weighted by molar-refractivity contribution is 7.89. The van der Waals surface area contributed by atoms with Crippen molar-refractivity contribution in [3.05, 3.63) is 60.2 Å². The fourth-order valence-corrected chi connectivity index (χ4v) is 4.76. The summed E-state index contributed by atoms with van der Waals surface area (Å²) in [6, 6.07) is 15.4. The lowest BCUT2D eigenvalue weighted by Crippen LogP contribution is -2.36. The fraction of sp³-hybridized carbons (Fsp3) is 0.364. The zero-order valence-electron chi connectivity index (χ0n) is 16.8. The van der Waals surface area contributed by atoms with Crippen molar-refractivity contribution < 1.29 is 18.0 Å². The number of carbonyl (C=O) groups excluding carboxylic acids is 2. The van der Waals surface area contributed by atoms with Crippen molar-refractivity contribution >= 4 is 27.5 Å². The maximum absolute atomic E-state index is 12.5. The van der Waals surface area contributed by atoms with Crippen molar-refractivity contribution in [2.24, 2.45) is 0 Å². The summed E-state index contributed by atoms with van der Waals surface area (Å²) in [5.74, 6) is -1.44. The van der Waals surface area contributed by atoms with Crippen LogP contribution < -0.4 is 15.4 Å². The molecule has 0 bridgehead atoms. The summed E-state index contributed by atoms with van der Waals surface area (Å²) in [6.07, 6.45) is 5.53. The number of sulfonamides is 1. The van der Waals surface area contributed by atoms with Gasteiger partial charge >= 0.3 is 11.8 Å². The molecule has 1 aliphatic rings. The number of para-hydroxylation sites is 1. The minimum absolute atomic E-state index is 0.0145. The molecule has 0 aromatic heterocycles. The lowest BCUT2D eigenvalue weighted by atomic mass is 9.96. The van der Waals surface area contributed by atoms with Crippen LogP contribution in [0.5, 0.6) is 0 Å². The molecule has 0 atom stereocenters. The van der Waals surface area contributed by atoms with E-state index >= 15 is 0 Å². The van der Waals surface area contributed by atoms with Crippen LogP contribution in [0.4, 0.5) is 5.69 Å². The van der Waals surface area contributed by atoms with E-state index in [1.807, 2.05) is 6.07 Å². The predicted molar refractivity (Wildman–Crippen MR) is 115 cm³/mol. The van der Waals surface area contributed by atoms with Gasteiger partial charge in [-0.1, -0.05) is 49.6 Å². The Morgan fingerprint density at radius 1 is 0.867 bits per heavy atom. The average Bonchev–Trinajstić information content (AvgIpc) is 2.75. The van der Waals surface area contributed by atoms with Crippen LogP contribution in [-0.2, 0) is 26.0 Å². The summed E-state index contributed by atoms with van der Waals surface area (Å²) in [5.41, 5.74) is 1.42. The number of anilines is 1. The highest BCUT2D eigenvalue weighted by Gasteiger charge is 2.21. The number of nitrogens with one attached hydrogen (secondary N) is 3. The van der Waals surface area contributed by atoms with Gasteiger partial charge in [0.1, 0.15) is 0 Å². The van der Waals surface area contributed by atoms with E-state index in [1.54, 1.807) is 48.5 Å². The first kappa shape index (κ1) is 22.0. The second kappa shape index (κ2) is 10.4. The lowest BCUT2D eigenvalue weighted by Gasteiger charge is -2.22. The maximum Gasteiger partial charge on any atom is 0.313 e. The Kier molecular flexibility index (Phi) is 7.59. The van der Waals surface area contributed by atoms with Gasteiger partial charge in [-0.2, -0.15) is 0 Å². The van der Waals surface area contributed by atoms with Gasteiger partial charge in [-0.15, -0.1) is 0 Å². The standard InChI is InChI=1S/C22H27N3O4S/c26-21(22(27)24-18-7-3-1-4-8-18)23-16-15-17-11-13-20(14-12-17)30(28,29)25-19-9-5-2-6-10-19/h1,3-4,7-8,11-14,19,25H,2,5-6,9-10,15-16H2,(H,23,26)(H,24,27). The van der Waals surface area contributed by atoms with Gasteiger partial charge < -0.3 is 10.6 Å². The minimum atomic E-state index is -3.52. The highest BCUT2D eigenvalue weighted by Crippen LogP contribution is 2.20. The molecule has 0 radical (unpaired) electrons. The Morgan fingerprint density at radius 2 is 1.53 bits per heavy atom. The minimum Gasteiger partial charge on any atom is -0.347 e. The van der Waals surface area contributed by atoms with E-state index in [1.165, 1.54) is 0 Å². The smallest absolute Gasteiger partial charge is 0.313 e. The number of amides is 2. The first-order valence-corrected chi connectivity index (χ1v) is 11.7. The van der Waals surface area contributed by atoms with Crippen LogP contribution in [-0.4, -0.2) is 32.8 Å². The molecule has 1 saturated carbocycles. The van der Waals surface area contributed by atoms with Crippen molar-refractivity contribution in [2.45, 2.75) is 49.5 Å². The third kappa shape index (κ3) is 6.40. The first-order chi connectivity index (χ1) is 14.4. The zero-order chi connectivity index (χ0) is 21.4. The second-order valence-corrected chi connectivity index (χ2v) is 9.14. The van der Waals surface area contributed by atoms with E-state index in [2.05, 4.69) is 15.4 Å². The fourth-order valence-electron chi connectivity index (χ4n) is 3.45. The molecule has 7 nitrogen and oxygen atoms in total. The molecule has 0 spiro atoms. The molecular weight excluding hydrogens is 402 g/mol. The van der Waals surface area contributed by atoms with Gasteiger partial charge in [0.2, 0.25) is 10.0 Å². The van der Waals surface area contributed by atoms with Crippen LogP contribution in [0.1, 0.15) is 37.7 Å². The number of benzene rings is 2. The van der Waals surface area contributed by atoms with Gasteiger partial charge in [0.05, 0.1) is 4.90 Å². The Labute approximate surface area is 177 Å². The first-order valence-electron chi connectivity index (χ1n) is 10.2.